The second-order valence-electron chi connectivity index (χ2n) is 1.50. The van der Waals surface area contributed by atoms with Crippen molar-refractivity contribution in [1.29, 1.82) is 0 Å². The minimum Gasteiger partial charge on any atom is -0.575 e. The van der Waals surface area contributed by atoms with E-state index >= 15 is 0 Å². The topological polar surface area (TPSA) is 9.23 Å². The molecule has 0 saturated carbocycles. The monoisotopic (exact) mass is 124 g/mol. The Kier molecular flexibility index (Phi) is 4.85. The van der Waals surface area contributed by atoms with Gasteiger partial charge in [0.05, 0.1) is 0 Å². The summed E-state index contributed by atoms with van der Waals surface area (Å²) in [6.45, 7) is 5.50. The Morgan fingerprint density at radius 1 is 1.71 bits per heavy atom. The van der Waals surface area contributed by atoms with Crippen LogP contribution in [0.25, 0.3) is 0 Å². The minimum atomic E-state index is 0. The van der Waals surface area contributed by atoms with E-state index in [4.69, 9.17) is 4.74 Å². The molecule has 0 aromatic rings. The molecule has 2 heteroatoms. The van der Waals surface area contributed by atoms with Crippen LogP contribution in [0.4, 0.5) is 0 Å². The largest absolute Gasteiger partial charge is 2.00 e. The van der Waals surface area contributed by atoms with Crippen LogP contribution >= 0.6 is 0 Å². The van der Waals surface area contributed by atoms with Crippen LogP contribution in [-0.2, 0) is 4.74 Å². The number of hydrogen-bond acceptors (Lipinski definition) is 1. The van der Waals surface area contributed by atoms with Gasteiger partial charge >= 0.3 is 37.7 Å². The van der Waals surface area contributed by atoms with Crippen molar-refractivity contribution in [3.63, 3.8) is 0 Å². The molecule has 0 radical (unpaired) electrons. The molecule has 1 heterocycles. The maximum Gasteiger partial charge on any atom is 2.00 e. The summed E-state index contributed by atoms with van der Waals surface area (Å²) in [5, 5.41) is 0. The van der Waals surface area contributed by atoms with Gasteiger partial charge in [0, 0.05) is 0 Å². The predicted octanol–water partition coefficient (Wildman–Crippen LogP) is 0.780. The second kappa shape index (κ2) is 4.13. The summed E-state index contributed by atoms with van der Waals surface area (Å²) in [5.74, 6) is 0. The molecular weight excluding hydrogens is 116 g/mol. The van der Waals surface area contributed by atoms with Crippen molar-refractivity contribution in [3.05, 3.63) is 13.5 Å². The van der Waals surface area contributed by atoms with Gasteiger partial charge in [0.15, 0.2) is 0 Å². The van der Waals surface area contributed by atoms with Crippen LogP contribution in [0.15, 0.2) is 0 Å². The van der Waals surface area contributed by atoms with Crippen molar-refractivity contribution < 1.29 is 4.74 Å². The smallest absolute Gasteiger partial charge is 0.575 e. The van der Waals surface area contributed by atoms with E-state index in [-0.39, 0.29) is 43.8 Å². The first kappa shape index (κ1) is 8.22. The van der Waals surface area contributed by atoms with E-state index in [0.29, 0.717) is 0 Å². The van der Waals surface area contributed by atoms with Gasteiger partial charge in [-0.05, 0) is 0 Å². The molecule has 36 valence electrons. The van der Waals surface area contributed by atoms with Gasteiger partial charge in [0.1, 0.15) is 0 Å². The predicted molar refractivity (Wildman–Crippen MR) is 29.5 cm³/mol. The fourth-order valence-electron chi connectivity index (χ4n) is 0.526. The normalized spacial score (nSPS) is 29.6. The van der Waals surface area contributed by atoms with Gasteiger partial charge in [-0.1, -0.05) is 6.42 Å². The summed E-state index contributed by atoms with van der Waals surface area (Å²) in [6.07, 6.45) is 2.42. The first-order valence-electron chi connectivity index (χ1n) is 2.20. The van der Waals surface area contributed by atoms with Gasteiger partial charge in [-0.3, -0.25) is 0 Å². The van der Waals surface area contributed by atoms with E-state index in [2.05, 4.69) is 6.92 Å². The minimum absolute atomic E-state index is 0. The molecule has 0 aromatic heterocycles. The number of rotatable bonds is 0. The summed E-state index contributed by atoms with van der Waals surface area (Å²) in [5.41, 5.74) is 0. The van der Waals surface area contributed by atoms with Crippen molar-refractivity contribution in [2.24, 2.45) is 0 Å². The van der Waals surface area contributed by atoms with Crippen LogP contribution in [0.3, 0.4) is 0 Å². The third-order valence-corrected chi connectivity index (χ3v) is 0.895. The SMILES string of the molecule is [CH2-]C1CC[CH-]O1.[Ca+2]. The average Bonchev–Trinajstić information content (AvgIpc) is 1.86. The Labute approximate surface area is 74.4 Å². The first-order valence-corrected chi connectivity index (χ1v) is 2.20. The van der Waals surface area contributed by atoms with Crippen molar-refractivity contribution in [3.8, 4) is 0 Å². The molecule has 1 saturated heterocycles. The quantitative estimate of drug-likeness (QED) is 0.342. The Morgan fingerprint density at radius 2 is 2.43 bits per heavy atom. The van der Waals surface area contributed by atoms with Gasteiger partial charge < -0.3 is 11.7 Å². The molecule has 0 bridgehead atoms. The van der Waals surface area contributed by atoms with Gasteiger partial charge in [0.25, 0.3) is 0 Å². The third kappa shape index (κ3) is 2.91. The molecule has 1 unspecified atom stereocenters. The maximum atomic E-state index is 4.92. The molecule has 0 N–H and O–H groups in total. The zero-order chi connectivity index (χ0) is 4.41. The molecule has 1 atom stereocenters. The molecule has 0 amide bonds. The molecule has 0 aromatic carbocycles. The van der Waals surface area contributed by atoms with Gasteiger partial charge in [-0.15, -0.1) is 6.10 Å². The molecule has 1 rings (SSSR count). The fourth-order valence-corrected chi connectivity index (χ4v) is 0.526. The van der Waals surface area contributed by atoms with Crippen LogP contribution in [-0.4, -0.2) is 43.8 Å². The molecule has 0 spiro atoms. The molecule has 0 aliphatic carbocycles. The van der Waals surface area contributed by atoms with E-state index in [1.54, 1.807) is 0 Å². The van der Waals surface area contributed by atoms with Gasteiger partial charge in [-0.2, -0.15) is 6.42 Å². The van der Waals surface area contributed by atoms with Crippen molar-refractivity contribution in [2.45, 2.75) is 18.9 Å². The summed E-state index contributed by atoms with van der Waals surface area (Å²) < 4.78 is 4.92. The zero-order valence-corrected chi connectivity index (χ0v) is 6.60. The van der Waals surface area contributed by atoms with Crippen LogP contribution in [0.5, 0.6) is 0 Å². The zero-order valence-electron chi connectivity index (χ0n) is 4.39. The Morgan fingerprint density at radius 3 is 2.57 bits per heavy atom. The van der Waals surface area contributed by atoms with Crippen molar-refractivity contribution in [2.75, 3.05) is 0 Å². The summed E-state index contributed by atoms with van der Waals surface area (Å²) in [7, 11) is 0. The average molecular weight is 124 g/mol. The number of hydrogen-bond donors (Lipinski definition) is 0. The first-order chi connectivity index (χ1) is 2.89. The Bertz CT molecular complexity index is 41.3. The number of ether oxygens (including phenoxy) is 1. The molecular formula is C5H8CaO. The standard InChI is InChI=1S/C5H8O.Ca/c1-5-3-2-4-6-5;/h4-5H,1-3H2;/q-2;+2. The Hall–Kier alpha value is 1.22. The molecule has 7 heavy (non-hydrogen) atoms. The Balaban J connectivity index is 0.000000360. The van der Waals surface area contributed by atoms with Crippen molar-refractivity contribution in [1.82, 2.24) is 0 Å². The van der Waals surface area contributed by atoms with E-state index in [1.807, 2.05) is 6.61 Å². The fraction of sp³-hybridized carbons (Fsp3) is 0.600. The molecule has 1 aliphatic heterocycles. The van der Waals surface area contributed by atoms with Gasteiger partial charge in [0.2, 0.25) is 0 Å². The van der Waals surface area contributed by atoms with Crippen molar-refractivity contribution >= 4 is 37.7 Å². The summed E-state index contributed by atoms with van der Waals surface area (Å²) in [4.78, 5) is 0. The van der Waals surface area contributed by atoms with Crippen LogP contribution in [0, 0.1) is 13.5 Å². The van der Waals surface area contributed by atoms with E-state index in [9.17, 15) is 0 Å². The van der Waals surface area contributed by atoms with Crippen LogP contribution < -0.4 is 0 Å². The third-order valence-electron chi connectivity index (χ3n) is 0.895. The molecule has 1 aliphatic rings. The van der Waals surface area contributed by atoms with Crippen LogP contribution in [0.2, 0.25) is 0 Å². The molecule has 1 fully saturated rings. The van der Waals surface area contributed by atoms with E-state index in [1.165, 1.54) is 0 Å². The van der Waals surface area contributed by atoms with E-state index in [0.717, 1.165) is 12.8 Å². The van der Waals surface area contributed by atoms with Crippen LogP contribution in [0.1, 0.15) is 12.8 Å². The summed E-state index contributed by atoms with van der Waals surface area (Å²) in [6, 6.07) is 0. The van der Waals surface area contributed by atoms with Gasteiger partial charge in [-0.25, -0.2) is 6.61 Å². The maximum absolute atomic E-state index is 4.92. The van der Waals surface area contributed by atoms with E-state index < -0.39 is 0 Å². The molecule has 1 nitrogen and oxygen atoms in total. The second-order valence-corrected chi connectivity index (χ2v) is 1.50. The summed E-state index contributed by atoms with van der Waals surface area (Å²) >= 11 is 0.